The highest BCUT2D eigenvalue weighted by molar-refractivity contribution is 5.39. The zero-order chi connectivity index (χ0) is 17.5. The van der Waals surface area contributed by atoms with Gasteiger partial charge in [0.25, 0.3) is 5.56 Å². The molecule has 3 heterocycles. The fourth-order valence-corrected chi connectivity index (χ4v) is 3.15. The van der Waals surface area contributed by atoms with Crippen molar-refractivity contribution < 1.29 is 0 Å². The normalized spacial score (nSPS) is 17.8. The molecule has 0 saturated carbocycles. The summed E-state index contributed by atoms with van der Waals surface area (Å²) in [7, 11) is 0. The monoisotopic (exact) mass is 338 g/mol. The highest BCUT2D eigenvalue weighted by Gasteiger charge is 2.22. The number of nitrogens with one attached hydrogen (secondary N) is 1. The van der Waals surface area contributed by atoms with Crippen molar-refractivity contribution in [1.82, 2.24) is 19.7 Å². The molecule has 0 radical (unpaired) electrons. The lowest BCUT2D eigenvalue weighted by atomic mass is 10.0. The first-order valence-electron chi connectivity index (χ1n) is 8.62. The van der Waals surface area contributed by atoms with Crippen LogP contribution in [0.1, 0.15) is 24.8 Å². The van der Waals surface area contributed by atoms with Gasteiger partial charge < -0.3 is 5.32 Å². The van der Waals surface area contributed by atoms with Gasteiger partial charge in [0.1, 0.15) is 11.9 Å². The molecule has 130 valence electrons. The first-order valence-corrected chi connectivity index (χ1v) is 8.62. The molecule has 2 aromatic rings. The van der Waals surface area contributed by atoms with Crippen molar-refractivity contribution in [2.24, 2.45) is 0 Å². The highest BCUT2D eigenvalue weighted by Crippen LogP contribution is 2.17. The third kappa shape index (κ3) is 4.64. The van der Waals surface area contributed by atoms with Crippen LogP contribution >= 0.6 is 0 Å². The lowest BCUT2D eigenvalue weighted by Gasteiger charge is -2.35. The Morgan fingerprint density at radius 3 is 2.96 bits per heavy atom. The van der Waals surface area contributed by atoms with Crippen LogP contribution in [0.3, 0.4) is 0 Å². The molecule has 1 aliphatic heterocycles. The second-order valence-electron chi connectivity index (χ2n) is 6.20. The van der Waals surface area contributed by atoms with E-state index in [9.17, 15) is 4.79 Å². The summed E-state index contributed by atoms with van der Waals surface area (Å²) in [4.78, 5) is 18.4. The van der Waals surface area contributed by atoms with Crippen molar-refractivity contribution in [3.05, 3.63) is 52.6 Å². The van der Waals surface area contributed by atoms with Crippen LogP contribution in [0.15, 0.2) is 41.5 Å². The van der Waals surface area contributed by atoms with E-state index in [2.05, 4.69) is 26.4 Å². The molecule has 0 aliphatic carbocycles. The predicted molar refractivity (Wildman–Crippen MR) is 95.2 cm³/mol. The van der Waals surface area contributed by atoms with Gasteiger partial charge in [0, 0.05) is 37.6 Å². The van der Waals surface area contributed by atoms with Crippen LogP contribution in [0.2, 0.25) is 0 Å². The van der Waals surface area contributed by atoms with E-state index in [1.54, 1.807) is 30.6 Å². The molecule has 1 fully saturated rings. The van der Waals surface area contributed by atoms with Gasteiger partial charge in [0.15, 0.2) is 0 Å². The van der Waals surface area contributed by atoms with E-state index in [1.165, 1.54) is 17.5 Å². The molecule has 1 N–H and O–H groups in total. The van der Waals surface area contributed by atoms with Crippen molar-refractivity contribution in [3.63, 3.8) is 0 Å². The van der Waals surface area contributed by atoms with E-state index in [0.29, 0.717) is 18.2 Å². The number of nitrogens with zero attached hydrogens (tertiary/aromatic N) is 5. The molecule has 0 aromatic carbocycles. The largest absolute Gasteiger partial charge is 0.369 e. The molecule has 0 bridgehead atoms. The van der Waals surface area contributed by atoms with E-state index in [-0.39, 0.29) is 5.56 Å². The van der Waals surface area contributed by atoms with Gasteiger partial charge in [-0.3, -0.25) is 9.69 Å². The Balaban J connectivity index is 1.56. The topological polar surface area (TPSA) is 86.8 Å². The molecule has 0 spiro atoms. The van der Waals surface area contributed by atoms with Gasteiger partial charge in [-0.2, -0.15) is 10.4 Å². The number of piperidine rings is 1. The standard InChI is InChI=1S/C18H22N6O/c19-12-15-6-7-17(20-13-15)21-14-16-4-1-2-9-23(16)10-11-24-18(25)5-3-8-22-24/h3,5-8,13,16H,1-2,4,9-11,14H2,(H,20,21). The van der Waals surface area contributed by atoms with Crippen molar-refractivity contribution in [2.45, 2.75) is 31.8 Å². The van der Waals surface area contributed by atoms with Crippen molar-refractivity contribution >= 4 is 5.82 Å². The molecule has 0 amide bonds. The van der Waals surface area contributed by atoms with Crippen LogP contribution < -0.4 is 10.9 Å². The molecule has 3 rings (SSSR count). The van der Waals surface area contributed by atoms with Crippen LogP contribution in [-0.2, 0) is 6.54 Å². The minimum atomic E-state index is -0.0593. The van der Waals surface area contributed by atoms with E-state index >= 15 is 0 Å². The number of rotatable bonds is 6. The van der Waals surface area contributed by atoms with Crippen LogP contribution in [0.5, 0.6) is 0 Å². The lowest BCUT2D eigenvalue weighted by molar-refractivity contribution is 0.148. The molecule has 2 aromatic heterocycles. The summed E-state index contributed by atoms with van der Waals surface area (Å²) in [5.74, 6) is 0.783. The van der Waals surface area contributed by atoms with Crippen molar-refractivity contribution in [3.8, 4) is 6.07 Å². The summed E-state index contributed by atoms with van der Waals surface area (Å²) in [6.07, 6.45) is 6.75. The summed E-state index contributed by atoms with van der Waals surface area (Å²) < 4.78 is 1.52. The van der Waals surface area contributed by atoms with E-state index in [1.807, 2.05) is 6.07 Å². The molecule has 1 unspecified atom stereocenters. The quantitative estimate of drug-likeness (QED) is 0.858. The third-order valence-corrected chi connectivity index (χ3v) is 4.54. The smallest absolute Gasteiger partial charge is 0.266 e. The van der Waals surface area contributed by atoms with Gasteiger partial charge in [-0.15, -0.1) is 0 Å². The van der Waals surface area contributed by atoms with Crippen LogP contribution in [0.25, 0.3) is 0 Å². The number of nitriles is 1. The Kier molecular flexibility index (Phi) is 5.75. The summed E-state index contributed by atoms with van der Waals surface area (Å²) >= 11 is 0. The first kappa shape index (κ1) is 17.1. The molecule has 1 saturated heterocycles. The maximum absolute atomic E-state index is 11.8. The zero-order valence-corrected chi connectivity index (χ0v) is 14.1. The summed E-state index contributed by atoms with van der Waals surface area (Å²) in [6, 6.07) is 9.28. The number of aromatic nitrogens is 3. The number of likely N-dealkylation sites (tertiary alicyclic amines) is 1. The Labute approximate surface area is 146 Å². The van der Waals surface area contributed by atoms with E-state index in [0.717, 1.165) is 31.9 Å². The molecular formula is C18H22N6O. The second kappa shape index (κ2) is 8.40. The first-order chi connectivity index (χ1) is 12.3. The van der Waals surface area contributed by atoms with Gasteiger partial charge in [-0.05, 0) is 37.6 Å². The number of hydrogen-bond acceptors (Lipinski definition) is 6. The predicted octanol–water partition coefficient (Wildman–Crippen LogP) is 1.48. The minimum Gasteiger partial charge on any atom is -0.369 e. The summed E-state index contributed by atoms with van der Waals surface area (Å²) in [6.45, 7) is 3.25. The van der Waals surface area contributed by atoms with E-state index < -0.39 is 0 Å². The van der Waals surface area contributed by atoms with Gasteiger partial charge in [0.2, 0.25) is 0 Å². The van der Waals surface area contributed by atoms with E-state index in [4.69, 9.17) is 5.26 Å². The molecular weight excluding hydrogens is 316 g/mol. The van der Waals surface area contributed by atoms with Crippen molar-refractivity contribution in [2.75, 3.05) is 25.0 Å². The summed E-state index contributed by atoms with van der Waals surface area (Å²) in [5, 5.41) is 16.3. The molecule has 1 atom stereocenters. The molecule has 25 heavy (non-hydrogen) atoms. The second-order valence-corrected chi connectivity index (χ2v) is 6.20. The highest BCUT2D eigenvalue weighted by atomic mass is 16.1. The number of pyridine rings is 1. The number of anilines is 1. The zero-order valence-electron chi connectivity index (χ0n) is 14.1. The molecule has 7 heteroatoms. The molecule has 1 aliphatic rings. The maximum Gasteiger partial charge on any atom is 0.266 e. The average Bonchev–Trinajstić information content (AvgIpc) is 2.67. The van der Waals surface area contributed by atoms with Crippen LogP contribution in [-0.4, -0.2) is 45.3 Å². The Hall–Kier alpha value is -2.72. The van der Waals surface area contributed by atoms with Gasteiger partial charge in [0.05, 0.1) is 12.1 Å². The van der Waals surface area contributed by atoms with Gasteiger partial charge >= 0.3 is 0 Å². The Morgan fingerprint density at radius 2 is 2.20 bits per heavy atom. The molecule has 7 nitrogen and oxygen atoms in total. The Morgan fingerprint density at radius 1 is 1.28 bits per heavy atom. The van der Waals surface area contributed by atoms with Gasteiger partial charge in [-0.25, -0.2) is 9.67 Å². The average molecular weight is 338 g/mol. The van der Waals surface area contributed by atoms with Crippen molar-refractivity contribution in [1.29, 1.82) is 5.26 Å². The summed E-state index contributed by atoms with van der Waals surface area (Å²) in [5.41, 5.74) is 0.501. The Bertz CT molecular complexity index is 779. The maximum atomic E-state index is 11.8. The van der Waals surface area contributed by atoms with Gasteiger partial charge in [-0.1, -0.05) is 6.42 Å². The fraction of sp³-hybridized carbons (Fsp3) is 0.444. The SMILES string of the molecule is N#Cc1ccc(NCC2CCCCN2CCn2ncccc2=O)nc1. The number of hydrogen-bond donors (Lipinski definition) is 1. The minimum absolute atomic E-state index is 0.0593. The fourth-order valence-electron chi connectivity index (χ4n) is 3.15. The lowest BCUT2D eigenvalue weighted by Crippen LogP contribution is -2.45. The van der Waals surface area contributed by atoms with Crippen LogP contribution in [0.4, 0.5) is 5.82 Å². The van der Waals surface area contributed by atoms with Crippen LogP contribution in [0, 0.1) is 11.3 Å². The third-order valence-electron chi connectivity index (χ3n) is 4.54.